The number of rotatable bonds is 3. The zero-order valence-corrected chi connectivity index (χ0v) is 8.74. The van der Waals surface area contributed by atoms with Gasteiger partial charge in [0.25, 0.3) is 0 Å². The molecule has 0 N–H and O–H groups in total. The topological polar surface area (TPSA) is 3.24 Å². The largest absolute Gasteiger partial charge is 0.374 e. The zero-order valence-electron chi connectivity index (χ0n) is 8.74. The highest BCUT2D eigenvalue weighted by atomic mass is 15.1. The number of hydrogen-bond acceptors (Lipinski definition) is 1. The first kappa shape index (κ1) is 9.32. The van der Waals surface area contributed by atoms with Gasteiger partial charge in [0.1, 0.15) is 0 Å². The fourth-order valence-electron chi connectivity index (χ4n) is 1.96. The molecule has 2 rings (SSSR count). The monoisotopic (exact) mass is 187 g/mol. The number of benzene rings is 1. The summed E-state index contributed by atoms with van der Waals surface area (Å²) in [5.74, 6) is 0. The van der Waals surface area contributed by atoms with Gasteiger partial charge in [-0.3, -0.25) is 0 Å². The molecule has 0 unspecified atom stereocenters. The molecule has 0 amide bonds. The standard InChI is InChI=1S/C13H17N/c1-14(13-9-5-6-10-13)11-12-7-3-2-4-8-12/h2-4,7-9H,5-6,10-11H2,1H3. The Hall–Kier alpha value is -1.24. The third-order valence-corrected chi connectivity index (χ3v) is 2.77. The van der Waals surface area contributed by atoms with Gasteiger partial charge in [0, 0.05) is 19.3 Å². The predicted octanol–water partition coefficient (Wildman–Crippen LogP) is 3.19. The van der Waals surface area contributed by atoms with E-state index in [1.54, 1.807) is 0 Å². The summed E-state index contributed by atoms with van der Waals surface area (Å²) in [6.45, 7) is 1.03. The van der Waals surface area contributed by atoms with Gasteiger partial charge < -0.3 is 4.90 Å². The van der Waals surface area contributed by atoms with Gasteiger partial charge in [-0.1, -0.05) is 36.4 Å². The summed E-state index contributed by atoms with van der Waals surface area (Å²) in [6.07, 6.45) is 6.20. The molecule has 1 aliphatic rings. The van der Waals surface area contributed by atoms with Crippen LogP contribution in [-0.4, -0.2) is 11.9 Å². The van der Waals surface area contributed by atoms with Crippen molar-refractivity contribution < 1.29 is 0 Å². The van der Waals surface area contributed by atoms with E-state index in [0.29, 0.717) is 0 Å². The molecule has 0 fully saturated rings. The van der Waals surface area contributed by atoms with Crippen molar-refractivity contribution in [3.63, 3.8) is 0 Å². The van der Waals surface area contributed by atoms with Crippen LogP contribution in [0.2, 0.25) is 0 Å². The molecule has 1 nitrogen and oxygen atoms in total. The lowest BCUT2D eigenvalue weighted by Gasteiger charge is -2.20. The lowest BCUT2D eigenvalue weighted by molar-refractivity contribution is 0.400. The van der Waals surface area contributed by atoms with E-state index in [1.807, 2.05) is 0 Å². The van der Waals surface area contributed by atoms with E-state index in [0.717, 1.165) is 6.54 Å². The summed E-state index contributed by atoms with van der Waals surface area (Å²) < 4.78 is 0. The summed E-state index contributed by atoms with van der Waals surface area (Å²) in [4.78, 5) is 2.36. The van der Waals surface area contributed by atoms with E-state index in [4.69, 9.17) is 0 Å². The van der Waals surface area contributed by atoms with Gasteiger partial charge in [0.2, 0.25) is 0 Å². The Labute approximate surface area is 86.1 Å². The van der Waals surface area contributed by atoms with E-state index < -0.39 is 0 Å². The minimum Gasteiger partial charge on any atom is -0.374 e. The van der Waals surface area contributed by atoms with Gasteiger partial charge in [-0.05, 0) is 24.8 Å². The Morgan fingerprint density at radius 2 is 2.00 bits per heavy atom. The highest BCUT2D eigenvalue weighted by Gasteiger charge is 2.08. The summed E-state index contributed by atoms with van der Waals surface area (Å²) >= 11 is 0. The molecule has 0 spiro atoms. The van der Waals surface area contributed by atoms with Crippen molar-refractivity contribution in [2.75, 3.05) is 7.05 Å². The van der Waals surface area contributed by atoms with Crippen LogP contribution >= 0.6 is 0 Å². The Morgan fingerprint density at radius 1 is 1.21 bits per heavy atom. The molecule has 1 aromatic carbocycles. The van der Waals surface area contributed by atoms with Crippen molar-refractivity contribution in [2.45, 2.75) is 25.8 Å². The van der Waals surface area contributed by atoms with Gasteiger partial charge in [0.05, 0.1) is 0 Å². The maximum absolute atomic E-state index is 2.36. The minimum atomic E-state index is 1.03. The van der Waals surface area contributed by atoms with Crippen LogP contribution in [0.3, 0.4) is 0 Å². The molecule has 0 bridgehead atoms. The van der Waals surface area contributed by atoms with Gasteiger partial charge >= 0.3 is 0 Å². The first-order valence-corrected chi connectivity index (χ1v) is 5.30. The highest BCUT2D eigenvalue weighted by molar-refractivity contribution is 5.16. The summed E-state index contributed by atoms with van der Waals surface area (Å²) in [6, 6.07) is 10.6. The summed E-state index contributed by atoms with van der Waals surface area (Å²) in [5, 5.41) is 0. The fourth-order valence-corrected chi connectivity index (χ4v) is 1.96. The zero-order chi connectivity index (χ0) is 9.80. The van der Waals surface area contributed by atoms with Crippen LogP contribution in [0.15, 0.2) is 42.1 Å². The average molecular weight is 187 g/mol. The molecular weight excluding hydrogens is 170 g/mol. The van der Waals surface area contributed by atoms with Crippen molar-refractivity contribution >= 4 is 0 Å². The van der Waals surface area contributed by atoms with Crippen LogP contribution in [0.5, 0.6) is 0 Å². The molecule has 1 aromatic rings. The molecule has 0 aromatic heterocycles. The Kier molecular flexibility index (Phi) is 2.87. The second-order valence-electron chi connectivity index (χ2n) is 3.93. The SMILES string of the molecule is CN(Cc1ccccc1)C1=CCCC1. The van der Waals surface area contributed by atoms with E-state index >= 15 is 0 Å². The number of nitrogens with zero attached hydrogens (tertiary/aromatic N) is 1. The van der Waals surface area contributed by atoms with Crippen LogP contribution in [0.1, 0.15) is 24.8 Å². The minimum absolute atomic E-state index is 1.03. The van der Waals surface area contributed by atoms with Crippen LogP contribution in [0, 0.1) is 0 Å². The molecule has 0 aliphatic heterocycles. The molecular formula is C13H17N. The van der Waals surface area contributed by atoms with Gasteiger partial charge in [-0.25, -0.2) is 0 Å². The van der Waals surface area contributed by atoms with Gasteiger partial charge in [-0.15, -0.1) is 0 Å². The second kappa shape index (κ2) is 4.32. The van der Waals surface area contributed by atoms with E-state index in [1.165, 1.54) is 30.5 Å². The van der Waals surface area contributed by atoms with Crippen molar-refractivity contribution in [2.24, 2.45) is 0 Å². The molecule has 0 heterocycles. The third-order valence-electron chi connectivity index (χ3n) is 2.77. The maximum Gasteiger partial charge on any atom is 0.0423 e. The van der Waals surface area contributed by atoms with E-state index in [9.17, 15) is 0 Å². The van der Waals surface area contributed by atoms with Gasteiger partial charge in [0.15, 0.2) is 0 Å². The number of allylic oxidation sites excluding steroid dienone is 2. The second-order valence-corrected chi connectivity index (χ2v) is 3.93. The Balaban J connectivity index is 1.97. The van der Waals surface area contributed by atoms with Crippen molar-refractivity contribution in [1.82, 2.24) is 4.90 Å². The predicted molar refractivity (Wildman–Crippen MR) is 59.8 cm³/mol. The van der Waals surface area contributed by atoms with E-state index in [2.05, 4.69) is 48.4 Å². The average Bonchev–Trinajstić information content (AvgIpc) is 2.72. The van der Waals surface area contributed by atoms with Crippen molar-refractivity contribution in [3.8, 4) is 0 Å². The van der Waals surface area contributed by atoms with Crippen LogP contribution in [0.25, 0.3) is 0 Å². The van der Waals surface area contributed by atoms with Crippen LogP contribution in [-0.2, 0) is 6.54 Å². The first-order valence-electron chi connectivity index (χ1n) is 5.30. The summed E-state index contributed by atoms with van der Waals surface area (Å²) in [7, 11) is 2.18. The fraction of sp³-hybridized carbons (Fsp3) is 0.385. The molecule has 0 saturated heterocycles. The molecule has 1 heteroatoms. The summed E-state index contributed by atoms with van der Waals surface area (Å²) in [5.41, 5.74) is 2.90. The van der Waals surface area contributed by atoms with Crippen molar-refractivity contribution in [1.29, 1.82) is 0 Å². The van der Waals surface area contributed by atoms with Gasteiger partial charge in [-0.2, -0.15) is 0 Å². The quantitative estimate of drug-likeness (QED) is 0.702. The lowest BCUT2D eigenvalue weighted by atomic mass is 10.2. The van der Waals surface area contributed by atoms with Crippen LogP contribution in [0.4, 0.5) is 0 Å². The van der Waals surface area contributed by atoms with Crippen molar-refractivity contribution in [3.05, 3.63) is 47.7 Å². The third kappa shape index (κ3) is 2.16. The lowest BCUT2D eigenvalue weighted by Crippen LogP contribution is -2.15. The molecule has 74 valence electrons. The normalized spacial score (nSPS) is 15.4. The molecule has 0 saturated carbocycles. The van der Waals surface area contributed by atoms with Crippen LogP contribution < -0.4 is 0 Å². The van der Waals surface area contributed by atoms with E-state index in [-0.39, 0.29) is 0 Å². The molecule has 0 radical (unpaired) electrons. The smallest absolute Gasteiger partial charge is 0.0423 e. The Morgan fingerprint density at radius 3 is 2.64 bits per heavy atom. The molecule has 0 atom stereocenters. The maximum atomic E-state index is 2.36. The molecule has 1 aliphatic carbocycles. The highest BCUT2D eigenvalue weighted by Crippen LogP contribution is 2.21. The first-order chi connectivity index (χ1) is 6.86. The number of hydrogen-bond donors (Lipinski definition) is 0. The Bertz CT molecular complexity index is 313. The molecule has 14 heavy (non-hydrogen) atoms.